The van der Waals surface area contributed by atoms with E-state index >= 15 is 0 Å². The van der Waals surface area contributed by atoms with Gasteiger partial charge in [0.05, 0.1) is 24.4 Å². The van der Waals surface area contributed by atoms with E-state index in [0.717, 1.165) is 0 Å². The van der Waals surface area contributed by atoms with Crippen LogP contribution in [0.2, 0.25) is 0 Å². The molecule has 6 atom stereocenters. The van der Waals surface area contributed by atoms with Crippen molar-refractivity contribution in [2.45, 2.75) is 81.7 Å². The Balaban J connectivity index is 1.53. The normalized spacial score (nSPS) is 38.9. The van der Waals surface area contributed by atoms with E-state index in [-0.39, 0.29) is 0 Å². The van der Waals surface area contributed by atoms with Crippen LogP contribution in [0.4, 0.5) is 0 Å². The number of rotatable bonds is 2. The first kappa shape index (κ1) is 14.8. The molecule has 0 aromatic heterocycles. The molecule has 4 bridgehead atoms. The zero-order chi connectivity index (χ0) is 16.5. The summed E-state index contributed by atoms with van der Waals surface area (Å²) in [5.74, 6) is 1.18. The molecule has 4 fully saturated rings. The Morgan fingerprint density at radius 2 is 1.52 bits per heavy atom. The number of hydrogen-bond donors (Lipinski definition) is 0. The van der Waals surface area contributed by atoms with Crippen LogP contribution >= 0.6 is 0 Å². The Bertz CT molecular complexity index is 841. The van der Waals surface area contributed by atoms with E-state index in [4.69, 9.17) is 9.47 Å². The van der Waals surface area contributed by atoms with Gasteiger partial charge >= 0.3 is 0 Å². The second kappa shape index (κ2) is 5.31. The van der Waals surface area contributed by atoms with Crippen molar-refractivity contribution in [3.8, 4) is 0 Å². The third-order valence-corrected chi connectivity index (χ3v) is 7.38. The van der Waals surface area contributed by atoms with E-state index in [2.05, 4.69) is 37.3 Å². The molecule has 2 aromatic rings. The van der Waals surface area contributed by atoms with Gasteiger partial charge in [-0.1, -0.05) is 30.3 Å². The van der Waals surface area contributed by atoms with Crippen LogP contribution in [0, 0.1) is 6.92 Å². The lowest BCUT2D eigenvalue weighted by Gasteiger charge is -2.28. The lowest BCUT2D eigenvalue weighted by atomic mass is 9.75. The average Bonchev–Trinajstić information content (AvgIpc) is 3.42. The molecule has 2 aromatic carbocycles. The van der Waals surface area contributed by atoms with Crippen LogP contribution in [0.1, 0.15) is 67.1 Å². The molecule has 0 amide bonds. The smallest absolute Gasteiger partial charge is 0.0649 e. The summed E-state index contributed by atoms with van der Waals surface area (Å²) in [5.41, 5.74) is 4.67. The lowest BCUT2D eigenvalue weighted by Crippen LogP contribution is -2.19. The molecule has 2 nitrogen and oxygen atoms in total. The quantitative estimate of drug-likeness (QED) is 0.750. The van der Waals surface area contributed by atoms with Crippen LogP contribution in [0.15, 0.2) is 30.3 Å². The van der Waals surface area contributed by atoms with Crippen molar-refractivity contribution in [1.82, 2.24) is 0 Å². The molecule has 0 aliphatic carbocycles. The van der Waals surface area contributed by atoms with Gasteiger partial charge < -0.3 is 9.47 Å². The van der Waals surface area contributed by atoms with E-state index in [1.54, 1.807) is 11.1 Å². The van der Waals surface area contributed by atoms with Crippen LogP contribution in [-0.2, 0) is 9.47 Å². The standard InChI is InChI=1S/C23H26O2/c1-13-18(19-11-15-6-8-21(19)24-15)10-14-4-2-3-5-17(14)23(13)20-12-16-7-9-22(20)25-16/h2-5,10,15-16,19-22H,6-9,11-12H2,1H3. The Labute approximate surface area is 149 Å². The Kier molecular flexibility index (Phi) is 3.13. The summed E-state index contributed by atoms with van der Waals surface area (Å²) in [4.78, 5) is 0. The van der Waals surface area contributed by atoms with Crippen molar-refractivity contribution in [2.75, 3.05) is 0 Å². The predicted molar refractivity (Wildman–Crippen MR) is 99.2 cm³/mol. The SMILES string of the molecule is Cc1c(C2CC3CCC2O3)cc2ccccc2c1C1CC2CCC1O2. The molecule has 0 saturated carbocycles. The molecule has 0 N–H and O–H groups in total. The topological polar surface area (TPSA) is 18.5 Å². The fourth-order valence-electron chi connectivity index (χ4n) is 6.27. The molecule has 130 valence electrons. The highest BCUT2D eigenvalue weighted by molar-refractivity contribution is 5.88. The molecule has 0 spiro atoms. The van der Waals surface area contributed by atoms with Gasteiger partial charge in [0.1, 0.15) is 0 Å². The van der Waals surface area contributed by atoms with Crippen LogP contribution in [0.3, 0.4) is 0 Å². The van der Waals surface area contributed by atoms with Gasteiger partial charge in [0, 0.05) is 11.8 Å². The first-order valence-electron chi connectivity index (χ1n) is 10.1. The van der Waals surface area contributed by atoms with Gasteiger partial charge in [0.2, 0.25) is 0 Å². The molecular weight excluding hydrogens is 308 g/mol. The zero-order valence-corrected chi connectivity index (χ0v) is 14.9. The average molecular weight is 334 g/mol. The summed E-state index contributed by atoms with van der Waals surface area (Å²) < 4.78 is 12.4. The Morgan fingerprint density at radius 1 is 0.840 bits per heavy atom. The molecule has 2 heteroatoms. The molecule has 4 aliphatic rings. The summed E-state index contributed by atoms with van der Waals surface area (Å²) in [6.07, 6.45) is 9.35. The first-order valence-corrected chi connectivity index (χ1v) is 10.1. The first-order chi connectivity index (χ1) is 12.3. The highest BCUT2D eigenvalue weighted by Crippen LogP contribution is 2.51. The molecular formula is C23H26O2. The van der Waals surface area contributed by atoms with E-state index in [0.29, 0.717) is 36.3 Å². The minimum atomic E-state index is 0.443. The van der Waals surface area contributed by atoms with Crippen LogP contribution in [-0.4, -0.2) is 24.4 Å². The van der Waals surface area contributed by atoms with Crippen molar-refractivity contribution in [1.29, 1.82) is 0 Å². The maximum absolute atomic E-state index is 6.23. The Hall–Kier alpha value is -1.38. The second-order valence-corrected chi connectivity index (χ2v) is 8.66. The number of ether oxygens (including phenoxy) is 2. The number of fused-ring (bicyclic) bond motifs is 5. The van der Waals surface area contributed by atoms with E-state index in [1.807, 2.05) is 0 Å². The number of benzene rings is 2. The minimum absolute atomic E-state index is 0.443. The highest BCUT2D eigenvalue weighted by atomic mass is 16.5. The van der Waals surface area contributed by atoms with Crippen molar-refractivity contribution in [3.63, 3.8) is 0 Å². The maximum atomic E-state index is 6.23. The minimum Gasteiger partial charge on any atom is -0.374 e. The van der Waals surface area contributed by atoms with Crippen LogP contribution in [0.25, 0.3) is 10.8 Å². The molecule has 4 heterocycles. The number of hydrogen-bond acceptors (Lipinski definition) is 2. The molecule has 0 radical (unpaired) electrons. The van der Waals surface area contributed by atoms with Crippen molar-refractivity contribution < 1.29 is 9.47 Å². The van der Waals surface area contributed by atoms with Crippen molar-refractivity contribution in [2.24, 2.45) is 0 Å². The van der Waals surface area contributed by atoms with Crippen LogP contribution in [0.5, 0.6) is 0 Å². The summed E-state index contributed by atoms with van der Waals surface area (Å²) in [5, 5.41) is 2.86. The highest BCUT2D eigenvalue weighted by Gasteiger charge is 2.45. The van der Waals surface area contributed by atoms with Gasteiger partial charge in [-0.3, -0.25) is 0 Å². The summed E-state index contributed by atoms with van der Waals surface area (Å²) in [6, 6.07) is 11.5. The van der Waals surface area contributed by atoms with Gasteiger partial charge in [-0.2, -0.15) is 0 Å². The molecule has 6 rings (SSSR count). The van der Waals surface area contributed by atoms with Gasteiger partial charge in [-0.25, -0.2) is 0 Å². The summed E-state index contributed by atoms with van der Waals surface area (Å²) in [7, 11) is 0. The monoisotopic (exact) mass is 334 g/mol. The van der Waals surface area contributed by atoms with Crippen molar-refractivity contribution in [3.05, 3.63) is 47.0 Å². The van der Waals surface area contributed by atoms with Gasteiger partial charge in [-0.15, -0.1) is 0 Å². The molecule has 25 heavy (non-hydrogen) atoms. The van der Waals surface area contributed by atoms with E-state index < -0.39 is 0 Å². The summed E-state index contributed by atoms with van der Waals surface area (Å²) >= 11 is 0. The van der Waals surface area contributed by atoms with Gasteiger partial charge in [-0.05, 0) is 72.9 Å². The zero-order valence-electron chi connectivity index (χ0n) is 14.9. The van der Waals surface area contributed by atoms with E-state index in [9.17, 15) is 0 Å². The van der Waals surface area contributed by atoms with Crippen molar-refractivity contribution >= 4 is 10.8 Å². The predicted octanol–water partition coefficient (Wildman–Crippen LogP) is 5.22. The third kappa shape index (κ3) is 2.10. The van der Waals surface area contributed by atoms with Gasteiger partial charge in [0.25, 0.3) is 0 Å². The third-order valence-electron chi connectivity index (χ3n) is 7.38. The Morgan fingerprint density at radius 3 is 2.16 bits per heavy atom. The molecule has 6 unspecified atom stereocenters. The second-order valence-electron chi connectivity index (χ2n) is 8.66. The molecule has 4 saturated heterocycles. The largest absolute Gasteiger partial charge is 0.374 e. The fraction of sp³-hybridized carbons (Fsp3) is 0.565. The summed E-state index contributed by atoms with van der Waals surface area (Å²) in [6.45, 7) is 2.37. The maximum Gasteiger partial charge on any atom is 0.0649 e. The van der Waals surface area contributed by atoms with Gasteiger partial charge in [0.15, 0.2) is 0 Å². The van der Waals surface area contributed by atoms with Crippen LogP contribution < -0.4 is 0 Å². The lowest BCUT2D eigenvalue weighted by molar-refractivity contribution is 0.100. The molecule has 4 aliphatic heterocycles. The fourth-order valence-corrected chi connectivity index (χ4v) is 6.27. The van der Waals surface area contributed by atoms with E-state index in [1.165, 1.54) is 54.9 Å².